The Morgan fingerprint density at radius 1 is 0.667 bits per heavy atom. The number of esters is 1. The average molecular weight is 1300 g/mol. The van der Waals surface area contributed by atoms with Crippen LogP contribution in [-0.2, 0) is 62.3 Å². The molecular formula is C57H91ClN12O20. The number of unbranched alkanes of at least 4 members (excludes halogenated alkanes) is 9. The van der Waals surface area contributed by atoms with E-state index in [1.54, 1.807) is 12.1 Å². The highest BCUT2D eigenvalue weighted by Gasteiger charge is 2.41. The number of hydrogen-bond acceptors (Lipinski definition) is 21. The number of nitrogens with one attached hydrogen (secondary N) is 9. The van der Waals surface area contributed by atoms with Crippen molar-refractivity contribution in [1.29, 1.82) is 0 Å². The van der Waals surface area contributed by atoms with Gasteiger partial charge in [-0.1, -0.05) is 76.5 Å². The number of alkyl halides is 1. The molecule has 90 heavy (non-hydrogen) atoms. The number of nitrogens with two attached hydrogens (primary N) is 3. The molecule has 0 radical (unpaired) electrons. The molecule has 0 saturated carbocycles. The van der Waals surface area contributed by atoms with Crippen LogP contribution in [-0.4, -0.2) is 207 Å². The molecule has 506 valence electrons. The topological polar surface area (TPSA) is 531 Å². The molecule has 0 bridgehead atoms. The Balaban J connectivity index is 2.75. The Kier molecular flexibility index (Phi) is 37.0. The summed E-state index contributed by atoms with van der Waals surface area (Å²) >= 11 is 5.89. The second-order valence-electron chi connectivity index (χ2n) is 21.4. The number of ether oxygens (including phenoxy) is 2. The first-order chi connectivity index (χ1) is 42.8. The lowest BCUT2D eigenvalue weighted by Crippen LogP contribution is -2.62. The van der Waals surface area contributed by atoms with Crippen molar-refractivity contribution in [2.45, 2.75) is 196 Å². The summed E-state index contributed by atoms with van der Waals surface area (Å²) in [5, 5.41) is 82.9. The number of cyclic esters (lactones) is 1. The van der Waals surface area contributed by atoms with Crippen LogP contribution < -0.4 is 69.8 Å². The van der Waals surface area contributed by atoms with Gasteiger partial charge in [-0.3, -0.25) is 47.9 Å². The molecule has 33 heteroatoms. The first-order valence-corrected chi connectivity index (χ1v) is 30.4. The highest BCUT2D eigenvalue weighted by atomic mass is 35.5. The van der Waals surface area contributed by atoms with Gasteiger partial charge in [0.25, 0.3) is 5.91 Å². The smallest absolute Gasteiger partial charge is 0.335 e. The number of carbonyl (C=O) groups excluding carboxylic acids is 10. The van der Waals surface area contributed by atoms with Gasteiger partial charge in [0.2, 0.25) is 47.3 Å². The standard InChI is InChI=1S/C57H91ClN12O20/c1-4-6-7-8-9-10-11-12-15-25-89-33-18-16-17-32(26-33)40(72)28-42(74)62-39-30-90-57(88)45(41(73)29-58)69-55(85)46(47(77)56(86)87)70-48(78)34(5-2)63-54(84)44(31(3)71)68-51(81)37(21-24-61)65-49(79)35(19-13-14-22-59)64-52(82)38(27-43(75)76)67-50(80)36(20-23-60)66-53(39)83/h5,16-18,26,31,35-41,44-47,71-73,77H,4,6-15,19-25,27-30,59-61H2,1-3H3,(H,62,74)(H,63,84)(H,64,82)(H,65,79)(H,66,83)(H,67,80)(H,68,81)(H,69,85)(H,70,78)(H,75,76)(H,86,87)/b34-5-/t31-,35-,36-,37-,38-,39+,40+,41-,44+,45-,46+,47+/m1/s1. The molecule has 9 amide bonds. The maximum absolute atomic E-state index is 14.3. The fourth-order valence-corrected chi connectivity index (χ4v) is 9.11. The predicted octanol–water partition coefficient (Wildman–Crippen LogP) is -3.80. The third-order valence-corrected chi connectivity index (χ3v) is 14.4. The van der Waals surface area contributed by atoms with Crippen molar-refractivity contribution in [2.24, 2.45) is 17.2 Å². The zero-order valence-corrected chi connectivity index (χ0v) is 51.6. The summed E-state index contributed by atoms with van der Waals surface area (Å²) < 4.78 is 11.2. The number of carbonyl (C=O) groups is 12. The number of carboxylic acid groups (broad SMARTS) is 2. The SMILES string of the molecule is C/C=C1\NC(=O)[C@H]([C@@H](C)O)NC(=O)[C@@H](CCN)NC(=O)[C@@H](CCCCN)NC(=O)[C@@H](CC(=O)O)NC(=O)[C@@H](CCN)NC(=O)[C@@H](NC(=O)C[C@H](O)c2cccc(OCCCCCCCCCCC)c2)COC(=O)[C@@H]([C@H](O)CCl)NC(=O)[C@H]([C@H](O)C(=O)O)NC1=O. The van der Waals surface area contributed by atoms with E-state index in [0.29, 0.717) is 12.4 Å². The second-order valence-corrected chi connectivity index (χ2v) is 21.7. The van der Waals surface area contributed by atoms with E-state index >= 15 is 0 Å². The summed E-state index contributed by atoms with van der Waals surface area (Å²) in [5.74, 6) is -17.7. The van der Waals surface area contributed by atoms with E-state index in [2.05, 4.69) is 44.1 Å². The number of allylic oxidation sites excluding steroid dienone is 1. The van der Waals surface area contributed by atoms with E-state index in [1.165, 1.54) is 37.8 Å². The van der Waals surface area contributed by atoms with Crippen molar-refractivity contribution in [1.82, 2.24) is 47.9 Å². The molecule has 1 heterocycles. The quantitative estimate of drug-likeness (QED) is 0.0152. The van der Waals surface area contributed by atoms with E-state index in [4.69, 9.17) is 38.3 Å². The largest absolute Gasteiger partial charge is 0.494 e. The Bertz CT molecular complexity index is 2580. The number of benzene rings is 1. The molecule has 1 fully saturated rings. The third kappa shape index (κ3) is 28.1. The van der Waals surface area contributed by atoms with Crippen LogP contribution in [0.2, 0.25) is 0 Å². The highest BCUT2D eigenvalue weighted by Crippen LogP contribution is 2.23. The Morgan fingerprint density at radius 2 is 1.21 bits per heavy atom. The number of rotatable bonds is 30. The summed E-state index contributed by atoms with van der Waals surface area (Å²) in [6.07, 6.45) is -0.137. The van der Waals surface area contributed by atoms with Crippen molar-refractivity contribution < 1.29 is 97.6 Å². The van der Waals surface area contributed by atoms with Crippen molar-refractivity contribution >= 4 is 82.7 Å². The minimum Gasteiger partial charge on any atom is -0.494 e. The van der Waals surface area contributed by atoms with Gasteiger partial charge in [-0.15, -0.1) is 11.6 Å². The number of amides is 9. The molecule has 21 N–H and O–H groups in total. The van der Waals surface area contributed by atoms with Crippen molar-refractivity contribution in [2.75, 3.05) is 38.7 Å². The first-order valence-electron chi connectivity index (χ1n) is 29.9. The highest BCUT2D eigenvalue weighted by molar-refractivity contribution is 6.18. The van der Waals surface area contributed by atoms with Gasteiger partial charge in [0.15, 0.2) is 12.1 Å². The van der Waals surface area contributed by atoms with Crippen molar-refractivity contribution in [3.05, 3.63) is 41.6 Å². The zero-order valence-electron chi connectivity index (χ0n) is 50.9. The van der Waals surface area contributed by atoms with Gasteiger partial charge in [0.1, 0.15) is 60.3 Å². The lowest BCUT2D eigenvalue weighted by atomic mass is 10.0. The molecule has 1 aromatic rings. The lowest BCUT2D eigenvalue weighted by molar-refractivity contribution is -0.155. The molecule has 0 aromatic heterocycles. The third-order valence-electron chi connectivity index (χ3n) is 14.0. The van der Waals surface area contributed by atoms with Crippen LogP contribution in [0.5, 0.6) is 5.75 Å². The molecule has 12 atom stereocenters. The Labute approximate surface area is 526 Å². The normalized spacial score (nSPS) is 23.5. The summed E-state index contributed by atoms with van der Waals surface area (Å²) in [6, 6.07) is -9.85. The van der Waals surface area contributed by atoms with Gasteiger partial charge in [-0.25, -0.2) is 9.59 Å². The minimum absolute atomic E-state index is 0.114. The number of aliphatic hydroxyl groups excluding tert-OH is 4. The molecular weight excluding hydrogens is 1210 g/mol. The summed E-state index contributed by atoms with van der Waals surface area (Å²) in [5.41, 5.74) is 16.7. The molecule has 32 nitrogen and oxygen atoms in total. The maximum Gasteiger partial charge on any atom is 0.335 e. The van der Waals surface area contributed by atoms with Gasteiger partial charge >= 0.3 is 17.9 Å². The first kappa shape index (κ1) is 78.5. The minimum atomic E-state index is -2.85. The molecule has 1 saturated heterocycles. The van der Waals surface area contributed by atoms with Gasteiger partial charge < -0.3 is 105 Å². The van der Waals surface area contributed by atoms with Crippen molar-refractivity contribution in [3.63, 3.8) is 0 Å². The summed E-state index contributed by atoms with van der Waals surface area (Å²) in [7, 11) is 0. The van der Waals surface area contributed by atoms with E-state index in [9.17, 15) is 88.2 Å². The fraction of sp³-hybridized carbons (Fsp3) is 0.649. The van der Waals surface area contributed by atoms with Gasteiger partial charge in [0.05, 0.1) is 43.6 Å². The maximum atomic E-state index is 14.3. The zero-order chi connectivity index (χ0) is 67.5. The average Bonchev–Trinajstić information content (AvgIpc) is 1.57. The predicted molar refractivity (Wildman–Crippen MR) is 322 cm³/mol. The van der Waals surface area contributed by atoms with Gasteiger partial charge in [-0.05, 0) is 89.7 Å². The number of halogens is 1. The molecule has 0 unspecified atom stereocenters. The fourth-order valence-electron chi connectivity index (χ4n) is 8.93. The van der Waals surface area contributed by atoms with E-state index in [0.717, 1.165) is 52.0 Å². The van der Waals surface area contributed by atoms with Gasteiger partial charge in [0, 0.05) is 0 Å². The number of hydrogen-bond donors (Lipinski definition) is 18. The van der Waals surface area contributed by atoms with Crippen LogP contribution >= 0.6 is 11.6 Å². The molecule has 1 aliphatic heterocycles. The van der Waals surface area contributed by atoms with Crippen LogP contribution in [0.3, 0.4) is 0 Å². The van der Waals surface area contributed by atoms with E-state index < -0.39 is 181 Å². The molecule has 0 aliphatic carbocycles. The number of carboxylic acids is 2. The lowest BCUT2D eigenvalue weighted by Gasteiger charge is -2.28. The summed E-state index contributed by atoms with van der Waals surface area (Å²) in [6.45, 7) is 2.92. The van der Waals surface area contributed by atoms with E-state index in [1.807, 2.05) is 10.6 Å². The van der Waals surface area contributed by atoms with Crippen LogP contribution in [0, 0.1) is 0 Å². The van der Waals surface area contributed by atoms with Crippen LogP contribution in [0.1, 0.15) is 135 Å². The number of aliphatic carboxylic acids is 2. The van der Waals surface area contributed by atoms with Crippen LogP contribution in [0.25, 0.3) is 0 Å². The molecule has 1 aliphatic rings. The van der Waals surface area contributed by atoms with Crippen LogP contribution in [0.4, 0.5) is 0 Å². The van der Waals surface area contributed by atoms with Gasteiger partial charge in [-0.2, -0.15) is 0 Å². The number of aliphatic hydroxyl groups is 4. The molecule has 2 rings (SSSR count). The molecule has 1 aromatic carbocycles. The summed E-state index contributed by atoms with van der Waals surface area (Å²) in [4.78, 5) is 164. The van der Waals surface area contributed by atoms with Crippen molar-refractivity contribution in [3.8, 4) is 5.75 Å². The van der Waals surface area contributed by atoms with E-state index in [-0.39, 0.29) is 50.9 Å². The monoisotopic (exact) mass is 1300 g/mol. The molecule has 0 spiro atoms. The van der Waals surface area contributed by atoms with Crippen LogP contribution in [0.15, 0.2) is 36.0 Å². The Morgan fingerprint density at radius 3 is 1.76 bits per heavy atom. The second kappa shape index (κ2) is 42.4. The Hall–Kier alpha value is -7.59.